The molecular formula is C32H60NO7. The van der Waals surface area contributed by atoms with Crippen LogP contribution in [0.1, 0.15) is 117 Å². The highest BCUT2D eigenvalue weighted by Gasteiger charge is 2.23. The molecule has 2 atom stereocenters. The van der Waals surface area contributed by atoms with Crippen LogP contribution in [0.3, 0.4) is 0 Å². The van der Waals surface area contributed by atoms with Crippen LogP contribution in [0, 0.1) is 18.8 Å². The molecule has 1 aliphatic rings. The van der Waals surface area contributed by atoms with Gasteiger partial charge in [0.2, 0.25) is 0 Å². The van der Waals surface area contributed by atoms with E-state index in [-0.39, 0.29) is 31.5 Å². The molecule has 40 heavy (non-hydrogen) atoms. The third-order valence-corrected chi connectivity index (χ3v) is 7.36. The molecule has 0 spiro atoms. The van der Waals surface area contributed by atoms with Crippen molar-refractivity contribution in [3.05, 3.63) is 6.92 Å². The van der Waals surface area contributed by atoms with E-state index in [2.05, 4.69) is 32.6 Å². The second kappa shape index (κ2) is 25.3. The summed E-state index contributed by atoms with van der Waals surface area (Å²) >= 11 is 0. The minimum atomic E-state index is -0.692. The smallest absolute Gasteiger partial charge is 0.465 e. The van der Waals surface area contributed by atoms with Crippen molar-refractivity contribution in [2.24, 2.45) is 11.8 Å². The van der Waals surface area contributed by atoms with Crippen molar-refractivity contribution in [2.45, 2.75) is 123 Å². The molecule has 0 aliphatic carbocycles. The third-order valence-electron chi connectivity index (χ3n) is 7.36. The van der Waals surface area contributed by atoms with Crippen molar-refractivity contribution in [2.75, 3.05) is 52.7 Å². The van der Waals surface area contributed by atoms with Crippen molar-refractivity contribution < 1.29 is 33.3 Å². The van der Waals surface area contributed by atoms with Crippen LogP contribution in [-0.4, -0.2) is 76.0 Å². The van der Waals surface area contributed by atoms with Gasteiger partial charge < -0.3 is 28.6 Å². The van der Waals surface area contributed by atoms with E-state index < -0.39 is 12.4 Å². The van der Waals surface area contributed by atoms with E-state index in [1.165, 1.54) is 51.4 Å². The minimum Gasteiger partial charge on any atom is -0.465 e. The summed E-state index contributed by atoms with van der Waals surface area (Å²) in [6, 6.07) is 0. The summed E-state index contributed by atoms with van der Waals surface area (Å²) in [5.74, 6) is -0.325. The summed E-state index contributed by atoms with van der Waals surface area (Å²) in [5.41, 5.74) is 0. The Bertz CT molecular complexity index is 600. The second-order valence-corrected chi connectivity index (χ2v) is 11.2. The number of rotatable bonds is 26. The number of hydrogen-bond acceptors (Lipinski definition) is 8. The fourth-order valence-electron chi connectivity index (χ4n) is 4.73. The predicted molar refractivity (Wildman–Crippen MR) is 159 cm³/mol. The normalized spacial score (nSPS) is 16.4. The Morgan fingerprint density at radius 3 is 1.95 bits per heavy atom. The lowest BCUT2D eigenvalue weighted by atomic mass is 10.1. The van der Waals surface area contributed by atoms with Gasteiger partial charge in [-0.05, 0) is 39.3 Å². The van der Waals surface area contributed by atoms with E-state index in [9.17, 15) is 9.59 Å². The maximum atomic E-state index is 12.3. The molecule has 0 saturated carbocycles. The topological polar surface area (TPSA) is 83.5 Å². The van der Waals surface area contributed by atoms with Gasteiger partial charge in [0, 0.05) is 38.0 Å². The summed E-state index contributed by atoms with van der Waals surface area (Å²) < 4.78 is 27.7. The highest BCUT2D eigenvalue weighted by molar-refractivity contribution is 5.69. The lowest BCUT2D eigenvalue weighted by molar-refractivity contribution is -0.160. The summed E-state index contributed by atoms with van der Waals surface area (Å²) in [5, 5.41) is 0. The Labute approximate surface area is 245 Å². The number of likely N-dealkylation sites (tertiary alicyclic amines) is 1. The molecule has 0 aromatic carbocycles. The van der Waals surface area contributed by atoms with E-state index in [1.807, 2.05) is 0 Å². The van der Waals surface area contributed by atoms with Gasteiger partial charge in [0.05, 0.1) is 19.6 Å². The van der Waals surface area contributed by atoms with Crippen LogP contribution in [0.15, 0.2) is 0 Å². The zero-order valence-corrected chi connectivity index (χ0v) is 26.0. The SMILES string of the molecule is [CH2]C(COC(=O)CCC(OCCCCCCCC)OCCCCCCCC)COC(=O)OCC1CCN(CC)C1. The standard InChI is InChI=1S/C32H60NO7/c1-5-8-10-12-14-16-22-36-31(37-23-17-15-13-11-9-6-2)19-18-30(34)38-25-28(4)26-39-32(35)40-27-29-20-21-33(7-3)24-29/h28-29,31H,4-27H2,1-3H3. The zero-order valence-electron chi connectivity index (χ0n) is 26.0. The quantitative estimate of drug-likeness (QED) is 0.0607. The monoisotopic (exact) mass is 570 g/mol. The number of ether oxygens (including phenoxy) is 5. The average molecular weight is 571 g/mol. The Balaban J connectivity index is 2.22. The van der Waals surface area contributed by atoms with Crippen molar-refractivity contribution in [3.63, 3.8) is 0 Å². The fourth-order valence-corrected chi connectivity index (χ4v) is 4.73. The van der Waals surface area contributed by atoms with Crippen LogP contribution in [-0.2, 0) is 28.5 Å². The lowest BCUT2D eigenvalue weighted by Gasteiger charge is -2.19. The molecule has 0 aromatic heterocycles. The molecule has 1 rings (SSSR count). The first kappa shape index (κ1) is 36.6. The molecule has 1 radical (unpaired) electrons. The predicted octanol–water partition coefficient (Wildman–Crippen LogP) is 7.34. The van der Waals surface area contributed by atoms with Crippen LogP contribution in [0.4, 0.5) is 4.79 Å². The maximum Gasteiger partial charge on any atom is 0.508 e. The molecule has 0 N–H and O–H groups in total. The first-order valence-electron chi connectivity index (χ1n) is 16.2. The first-order chi connectivity index (χ1) is 19.5. The molecule has 1 fully saturated rings. The van der Waals surface area contributed by atoms with E-state index >= 15 is 0 Å². The third kappa shape index (κ3) is 20.5. The van der Waals surface area contributed by atoms with Gasteiger partial charge in [-0.25, -0.2) is 4.79 Å². The lowest BCUT2D eigenvalue weighted by Crippen LogP contribution is -2.24. The Hall–Kier alpha value is -1.38. The fraction of sp³-hybridized carbons (Fsp3) is 0.906. The van der Waals surface area contributed by atoms with Crippen molar-refractivity contribution in [1.82, 2.24) is 4.90 Å². The Morgan fingerprint density at radius 2 is 1.38 bits per heavy atom. The molecule has 1 heterocycles. The number of esters is 1. The van der Waals surface area contributed by atoms with Gasteiger partial charge in [-0.15, -0.1) is 0 Å². The molecule has 8 heteroatoms. The number of carbonyl (C=O) groups is 2. The van der Waals surface area contributed by atoms with E-state index in [0.29, 0.717) is 32.2 Å². The van der Waals surface area contributed by atoms with Gasteiger partial charge in [0.15, 0.2) is 6.29 Å². The molecule has 0 amide bonds. The van der Waals surface area contributed by atoms with Gasteiger partial charge >= 0.3 is 12.1 Å². The largest absolute Gasteiger partial charge is 0.508 e. The summed E-state index contributed by atoms with van der Waals surface area (Å²) in [4.78, 5) is 26.6. The van der Waals surface area contributed by atoms with Crippen LogP contribution in [0.2, 0.25) is 0 Å². The van der Waals surface area contributed by atoms with Crippen LogP contribution in [0.5, 0.6) is 0 Å². The van der Waals surface area contributed by atoms with Gasteiger partial charge in [-0.1, -0.05) is 85.0 Å². The van der Waals surface area contributed by atoms with E-state index in [4.69, 9.17) is 23.7 Å². The van der Waals surface area contributed by atoms with Gasteiger partial charge in [-0.3, -0.25) is 4.79 Å². The van der Waals surface area contributed by atoms with E-state index in [0.717, 1.165) is 51.7 Å². The molecule has 1 aliphatic heterocycles. The average Bonchev–Trinajstić information content (AvgIpc) is 3.43. The summed E-state index contributed by atoms with van der Waals surface area (Å²) in [7, 11) is 0. The number of hydrogen-bond donors (Lipinski definition) is 0. The van der Waals surface area contributed by atoms with Gasteiger partial charge in [0.1, 0.15) is 6.61 Å². The van der Waals surface area contributed by atoms with E-state index in [1.54, 1.807) is 0 Å². The highest BCUT2D eigenvalue weighted by atomic mass is 16.7. The zero-order chi connectivity index (χ0) is 29.3. The van der Waals surface area contributed by atoms with Crippen molar-refractivity contribution >= 4 is 12.1 Å². The van der Waals surface area contributed by atoms with Gasteiger partial charge in [0.25, 0.3) is 0 Å². The minimum absolute atomic E-state index is 0.0449. The number of carbonyl (C=O) groups excluding carboxylic acids is 2. The molecule has 1 saturated heterocycles. The van der Waals surface area contributed by atoms with Crippen LogP contribution in [0.25, 0.3) is 0 Å². The number of nitrogens with zero attached hydrogens (tertiary/aromatic N) is 1. The Morgan fingerprint density at radius 1 is 0.800 bits per heavy atom. The molecule has 2 unspecified atom stereocenters. The van der Waals surface area contributed by atoms with Crippen LogP contribution < -0.4 is 0 Å². The number of unbranched alkanes of at least 4 members (excludes halogenated alkanes) is 10. The second-order valence-electron chi connectivity index (χ2n) is 11.2. The van der Waals surface area contributed by atoms with Crippen molar-refractivity contribution in [1.29, 1.82) is 0 Å². The molecule has 0 bridgehead atoms. The molecular weight excluding hydrogens is 510 g/mol. The summed E-state index contributed by atoms with van der Waals surface area (Å²) in [6.07, 6.45) is 15.0. The first-order valence-corrected chi connectivity index (χ1v) is 16.2. The molecule has 8 nitrogen and oxygen atoms in total. The maximum absolute atomic E-state index is 12.3. The van der Waals surface area contributed by atoms with Crippen molar-refractivity contribution in [3.8, 4) is 0 Å². The van der Waals surface area contributed by atoms with Crippen LogP contribution >= 0.6 is 0 Å². The highest BCUT2D eigenvalue weighted by Crippen LogP contribution is 2.16. The Kier molecular flexibility index (Phi) is 23.2. The summed E-state index contributed by atoms with van der Waals surface area (Å²) in [6.45, 7) is 15.3. The molecule has 0 aromatic rings. The molecule has 235 valence electrons. The van der Waals surface area contributed by atoms with Gasteiger partial charge in [-0.2, -0.15) is 0 Å².